The second kappa shape index (κ2) is 9.30. The number of Topliss-reactive ketones (excluding diaryl/α,β-unsaturated/α-hetero) is 1. The van der Waals surface area contributed by atoms with Crippen molar-refractivity contribution < 1.29 is 19.4 Å². The Labute approximate surface area is 183 Å². The van der Waals surface area contributed by atoms with Crippen LogP contribution in [0.5, 0.6) is 0 Å². The molecule has 3 rings (SSSR count). The van der Waals surface area contributed by atoms with Crippen molar-refractivity contribution in [2.45, 2.75) is 104 Å². The number of carbonyl (C=O) groups excluding carboxylic acids is 2. The van der Waals surface area contributed by atoms with Crippen molar-refractivity contribution >= 4 is 11.8 Å². The number of fused-ring (bicyclic) bond motifs is 1. The molecule has 1 N–H and O–H groups in total. The zero-order valence-electron chi connectivity index (χ0n) is 19.9. The van der Waals surface area contributed by atoms with E-state index in [-0.39, 0.29) is 28.8 Å². The van der Waals surface area contributed by atoms with Crippen molar-refractivity contribution in [3.8, 4) is 0 Å². The van der Waals surface area contributed by atoms with Gasteiger partial charge in [0.05, 0.1) is 13.2 Å². The fourth-order valence-corrected chi connectivity index (χ4v) is 7.86. The molecule has 0 spiro atoms. The van der Waals surface area contributed by atoms with Crippen LogP contribution in [0.15, 0.2) is 0 Å². The standard InChI is InChI=1S/C26H44O4/c1-6-22(28)24-20(25(3)14-11-18(27)12-15-25)13-16-26(4)19(8-9-21(24)26)17(2)7-10-23(29)30-5/h17-21,24,27H,6-16H2,1-5H3/t17?,18?,19-,20+,21+,24-,25?,26-/m1/s1. The van der Waals surface area contributed by atoms with E-state index in [2.05, 4.69) is 20.8 Å². The van der Waals surface area contributed by atoms with Gasteiger partial charge in [0.25, 0.3) is 0 Å². The van der Waals surface area contributed by atoms with E-state index in [1.165, 1.54) is 20.0 Å². The maximum absolute atomic E-state index is 13.3. The van der Waals surface area contributed by atoms with Crippen LogP contribution >= 0.6 is 0 Å². The van der Waals surface area contributed by atoms with Crippen LogP contribution in [0.25, 0.3) is 0 Å². The largest absolute Gasteiger partial charge is 0.469 e. The number of esters is 1. The molecule has 0 radical (unpaired) electrons. The summed E-state index contributed by atoms with van der Waals surface area (Å²) >= 11 is 0. The summed E-state index contributed by atoms with van der Waals surface area (Å²) in [5, 5.41) is 10.1. The monoisotopic (exact) mass is 420 g/mol. The zero-order valence-corrected chi connectivity index (χ0v) is 19.9. The zero-order chi connectivity index (χ0) is 22.1. The fourth-order valence-electron chi connectivity index (χ4n) is 7.86. The lowest BCUT2D eigenvalue weighted by Crippen LogP contribution is -2.51. The molecule has 4 nitrogen and oxygen atoms in total. The van der Waals surface area contributed by atoms with E-state index in [4.69, 9.17) is 4.74 Å². The highest BCUT2D eigenvalue weighted by Gasteiger charge is 2.59. The molecule has 0 aromatic rings. The number of hydrogen-bond acceptors (Lipinski definition) is 4. The van der Waals surface area contributed by atoms with Gasteiger partial charge in [0, 0.05) is 18.8 Å². The third-order valence-corrected chi connectivity index (χ3v) is 9.77. The minimum atomic E-state index is -0.154. The average Bonchev–Trinajstić information content (AvgIpc) is 3.09. The van der Waals surface area contributed by atoms with E-state index < -0.39 is 0 Å². The third kappa shape index (κ3) is 4.36. The number of methoxy groups -OCH3 is 1. The minimum absolute atomic E-state index is 0.114. The van der Waals surface area contributed by atoms with Crippen LogP contribution < -0.4 is 0 Å². The highest BCUT2D eigenvalue weighted by molar-refractivity contribution is 5.81. The van der Waals surface area contributed by atoms with Crippen molar-refractivity contribution in [3.63, 3.8) is 0 Å². The van der Waals surface area contributed by atoms with Crippen LogP contribution in [-0.2, 0) is 14.3 Å². The van der Waals surface area contributed by atoms with Crippen LogP contribution in [0, 0.1) is 40.4 Å². The first-order chi connectivity index (χ1) is 14.2. The van der Waals surface area contributed by atoms with E-state index in [1.54, 1.807) is 0 Å². The summed E-state index contributed by atoms with van der Waals surface area (Å²) in [7, 11) is 1.47. The predicted octanol–water partition coefficient (Wildman–Crippen LogP) is 5.55. The Morgan fingerprint density at radius 2 is 1.70 bits per heavy atom. The molecule has 3 aliphatic rings. The molecule has 0 aromatic carbocycles. The maximum Gasteiger partial charge on any atom is 0.305 e. The lowest BCUT2D eigenvalue weighted by Gasteiger charge is -2.55. The van der Waals surface area contributed by atoms with E-state index in [0.29, 0.717) is 42.3 Å². The molecule has 3 aliphatic carbocycles. The molecule has 0 heterocycles. The van der Waals surface area contributed by atoms with Gasteiger partial charge in [-0.1, -0.05) is 27.7 Å². The molecular formula is C26H44O4. The van der Waals surface area contributed by atoms with E-state index in [0.717, 1.165) is 44.9 Å². The molecule has 3 fully saturated rings. The van der Waals surface area contributed by atoms with Gasteiger partial charge in [0.1, 0.15) is 5.78 Å². The summed E-state index contributed by atoms with van der Waals surface area (Å²) in [6.45, 7) is 9.17. The summed E-state index contributed by atoms with van der Waals surface area (Å²) in [5.74, 6) is 2.52. The normalized spacial score (nSPS) is 42.4. The summed E-state index contributed by atoms with van der Waals surface area (Å²) in [5.41, 5.74) is 0.386. The fraction of sp³-hybridized carbons (Fsp3) is 0.923. The Kier molecular flexibility index (Phi) is 7.37. The molecule has 0 bridgehead atoms. The number of hydrogen-bond donors (Lipinski definition) is 1. The summed E-state index contributed by atoms with van der Waals surface area (Å²) in [4.78, 5) is 25.0. The van der Waals surface area contributed by atoms with Crippen LogP contribution in [-0.4, -0.2) is 30.1 Å². The quantitative estimate of drug-likeness (QED) is 0.548. The van der Waals surface area contributed by atoms with Crippen molar-refractivity contribution in [1.29, 1.82) is 0 Å². The molecule has 172 valence electrons. The number of ketones is 1. The van der Waals surface area contributed by atoms with Crippen LogP contribution in [0.2, 0.25) is 0 Å². The van der Waals surface area contributed by atoms with Gasteiger partial charge in [-0.25, -0.2) is 0 Å². The van der Waals surface area contributed by atoms with Crippen LogP contribution in [0.4, 0.5) is 0 Å². The van der Waals surface area contributed by atoms with Crippen molar-refractivity contribution in [1.82, 2.24) is 0 Å². The molecule has 0 aromatic heterocycles. The summed E-state index contributed by atoms with van der Waals surface area (Å²) < 4.78 is 4.86. The first kappa shape index (κ1) is 23.8. The molecule has 4 heteroatoms. The molecule has 3 saturated carbocycles. The SMILES string of the molecule is CCC(=O)[C@@H]1[C@@H](C2(C)CCC(O)CC2)CC[C@]2(C)[C@@H](C(C)CCC(=O)OC)CC[C@@H]12. The van der Waals surface area contributed by atoms with Gasteiger partial charge in [-0.3, -0.25) is 9.59 Å². The number of rotatable bonds is 7. The Bertz CT molecular complexity index is 621. The van der Waals surface area contributed by atoms with Gasteiger partial charge in [0.15, 0.2) is 0 Å². The van der Waals surface area contributed by atoms with Gasteiger partial charge in [-0.2, -0.15) is 0 Å². The highest BCUT2D eigenvalue weighted by atomic mass is 16.5. The van der Waals surface area contributed by atoms with Gasteiger partial charge in [-0.05, 0) is 92.3 Å². The number of aliphatic hydroxyl groups is 1. The Hall–Kier alpha value is -0.900. The average molecular weight is 421 g/mol. The summed E-state index contributed by atoms with van der Waals surface area (Å²) in [6, 6.07) is 0. The second-order valence-corrected chi connectivity index (χ2v) is 11.3. The van der Waals surface area contributed by atoms with Gasteiger partial charge >= 0.3 is 5.97 Å². The van der Waals surface area contributed by atoms with Crippen molar-refractivity contribution in [2.24, 2.45) is 40.4 Å². The van der Waals surface area contributed by atoms with Crippen molar-refractivity contribution in [3.05, 3.63) is 0 Å². The first-order valence-corrected chi connectivity index (χ1v) is 12.4. The molecule has 0 aliphatic heterocycles. The molecule has 1 unspecified atom stereocenters. The van der Waals surface area contributed by atoms with Gasteiger partial charge < -0.3 is 9.84 Å². The number of carbonyl (C=O) groups is 2. The number of aliphatic hydroxyl groups excluding tert-OH is 1. The van der Waals surface area contributed by atoms with Gasteiger partial charge in [-0.15, -0.1) is 0 Å². The maximum atomic E-state index is 13.3. The van der Waals surface area contributed by atoms with E-state index in [1.807, 2.05) is 6.92 Å². The lowest BCUT2D eigenvalue weighted by atomic mass is 9.49. The third-order valence-electron chi connectivity index (χ3n) is 9.77. The molecule has 0 amide bonds. The topological polar surface area (TPSA) is 63.6 Å². The Morgan fingerprint density at radius 3 is 2.30 bits per heavy atom. The smallest absolute Gasteiger partial charge is 0.305 e. The molecule has 6 atom stereocenters. The molecule has 30 heavy (non-hydrogen) atoms. The molecule has 0 saturated heterocycles. The number of ether oxygens (including phenoxy) is 1. The van der Waals surface area contributed by atoms with Crippen LogP contribution in [0.1, 0.15) is 98.3 Å². The van der Waals surface area contributed by atoms with E-state index in [9.17, 15) is 14.7 Å². The second-order valence-electron chi connectivity index (χ2n) is 11.3. The Morgan fingerprint density at radius 1 is 1.03 bits per heavy atom. The van der Waals surface area contributed by atoms with E-state index >= 15 is 0 Å². The lowest BCUT2D eigenvalue weighted by molar-refractivity contribution is -0.141. The Balaban J connectivity index is 1.81. The predicted molar refractivity (Wildman–Crippen MR) is 119 cm³/mol. The highest BCUT2D eigenvalue weighted by Crippen LogP contribution is 2.64. The molecular weight excluding hydrogens is 376 g/mol. The van der Waals surface area contributed by atoms with Crippen LogP contribution in [0.3, 0.4) is 0 Å². The first-order valence-electron chi connectivity index (χ1n) is 12.4. The van der Waals surface area contributed by atoms with Crippen molar-refractivity contribution in [2.75, 3.05) is 7.11 Å². The van der Waals surface area contributed by atoms with Gasteiger partial charge in [0.2, 0.25) is 0 Å². The summed E-state index contributed by atoms with van der Waals surface area (Å²) in [6.07, 6.45) is 10.4. The minimum Gasteiger partial charge on any atom is -0.469 e.